The average molecular weight is 304 g/mol. The molecule has 0 spiro atoms. The summed E-state index contributed by atoms with van der Waals surface area (Å²) >= 11 is 1.62. The SMILES string of the molecule is CC1=C(C#N)c2nc(N)c(C#N)c(C)c2C1=Cc1cccs1. The maximum Gasteiger partial charge on any atom is 0.142 e. The van der Waals surface area contributed by atoms with Crippen LogP contribution in [-0.2, 0) is 0 Å². The highest BCUT2D eigenvalue weighted by Gasteiger charge is 2.29. The van der Waals surface area contributed by atoms with Crippen molar-refractivity contribution in [2.75, 3.05) is 5.73 Å². The first-order valence-corrected chi connectivity index (χ1v) is 7.54. The number of nitriles is 2. The minimum atomic E-state index is 0.177. The number of nitrogen functional groups attached to an aromatic ring is 1. The summed E-state index contributed by atoms with van der Waals surface area (Å²) in [5.41, 5.74) is 10.8. The second kappa shape index (κ2) is 5.14. The van der Waals surface area contributed by atoms with Crippen molar-refractivity contribution in [3.63, 3.8) is 0 Å². The molecule has 0 aromatic carbocycles. The minimum absolute atomic E-state index is 0.177. The van der Waals surface area contributed by atoms with Crippen LogP contribution in [0.5, 0.6) is 0 Å². The van der Waals surface area contributed by atoms with E-state index in [2.05, 4.69) is 17.1 Å². The second-order valence-corrected chi connectivity index (χ2v) is 6.00. The van der Waals surface area contributed by atoms with E-state index in [0.717, 1.165) is 27.2 Å². The van der Waals surface area contributed by atoms with E-state index in [9.17, 15) is 10.5 Å². The van der Waals surface area contributed by atoms with Crippen molar-refractivity contribution < 1.29 is 0 Å². The summed E-state index contributed by atoms with van der Waals surface area (Å²) in [6.07, 6.45) is 2.04. The first-order chi connectivity index (χ1) is 10.6. The zero-order valence-corrected chi connectivity index (χ0v) is 13.0. The Bertz CT molecular complexity index is 919. The van der Waals surface area contributed by atoms with Gasteiger partial charge in [0.2, 0.25) is 0 Å². The van der Waals surface area contributed by atoms with E-state index >= 15 is 0 Å². The molecule has 0 saturated carbocycles. The van der Waals surface area contributed by atoms with Crippen LogP contribution in [0.3, 0.4) is 0 Å². The molecule has 0 radical (unpaired) electrons. The van der Waals surface area contributed by atoms with Crippen molar-refractivity contribution in [3.05, 3.63) is 50.3 Å². The molecule has 0 saturated heterocycles. The predicted octanol–water partition coefficient (Wildman–Crippen LogP) is 3.76. The number of hydrogen-bond acceptors (Lipinski definition) is 5. The Morgan fingerprint density at radius 3 is 2.64 bits per heavy atom. The Kier molecular flexibility index (Phi) is 3.29. The second-order valence-electron chi connectivity index (χ2n) is 5.02. The summed E-state index contributed by atoms with van der Waals surface area (Å²) < 4.78 is 0. The van der Waals surface area contributed by atoms with Gasteiger partial charge in [-0.2, -0.15) is 10.5 Å². The first kappa shape index (κ1) is 14.1. The zero-order valence-electron chi connectivity index (χ0n) is 12.1. The largest absolute Gasteiger partial charge is 0.383 e. The van der Waals surface area contributed by atoms with Crippen LogP contribution >= 0.6 is 11.3 Å². The molecule has 2 N–H and O–H groups in total. The highest BCUT2D eigenvalue weighted by Crippen LogP contribution is 2.44. The summed E-state index contributed by atoms with van der Waals surface area (Å²) in [5, 5.41) is 20.8. The van der Waals surface area contributed by atoms with Crippen LogP contribution in [0.25, 0.3) is 17.2 Å². The van der Waals surface area contributed by atoms with E-state index in [-0.39, 0.29) is 5.82 Å². The highest BCUT2D eigenvalue weighted by atomic mass is 32.1. The number of nitrogens with zero attached hydrogens (tertiary/aromatic N) is 3. The quantitative estimate of drug-likeness (QED) is 0.869. The summed E-state index contributed by atoms with van der Waals surface area (Å²) in [7, 11) is 0. The van der Waals surface area contributed by atoms with E-state index in [1.54, 1.807) is 11.3 Å². The molecule has 106 valence electrons. The number of nitrogens with two attached hydrogens (primary N) is 1. The fourth-order valence-corrected chi connectivity index (χ4v) is 3.37. The molecule has 1 aliphatic carbocycles. The van der Waals surface area contributed by atoms with E-state index in [4.69, 9.17) is 5.73 Å². The molecule has 0 bridgehead atoms. The third kappa shape index (κ3) is 1.92. The molecule has 2 aromatic heterocycles. The number of fused-ring (bicyclic) bond motifs is 1. The van der Waals surface area contributed by atoms with Crippen LogP contribution in [0.15, 0.2) is 23.1 Å². The number of thiophene rings is 1. The van der Waals surface area contributed by atoms with Crippen LogP contribution < -0.4 is 5.73 Å². The maximum absolute atomic E-state index is 9.46. The third-order valence-electron chi connectivity index (χ3n) is 3.81. The minimum Gasteiger partial charge on any atom is -0.383 e. The van der Waals surface area contributed by atoms with Crippen molar-refractivity contribution in [1.82, 2.24) is 4.98 Å². The van der Waals surface area contributed by atoms with Gasteiger partial charge in [-0.25, -0.2) is 4.98 Å². The summed E-state index contributed by atoms with van der Waals surface area (Å²) in [6.45, 7) is 3.76. The van der Waals surface area contributed by atoms with Gasteiger partial charge in [0.1, 0.15) is 18.0 Å². The zero-order chi connectivity index (χ0) is 15.9. The smallest absolute Gasteiger partial charge is 0.142 e. The van der Waals surface area contributed by atoms with Crippen molar-refractivity contribution in [3.8, 4) is 12.1 Å². The van der Waals surface area contributed by atoms with Gasteiger partial charge < -0.3 is 5.73 Å². The van der Waals surface area contributed by atoms with Gasteiger partial charge in [0.15, 0.2) is 0 Å². The van der Waals surface area contributed by atoms with E-state index in [1.807, 2.05) is 37.4 Å². The lowest BCUT2D eigenvalue weighted by Gasteiger charge is -2.10. The molecule has 4 nitrogen and oxygen atoms in total. The van der Waals surface area contributed by atoms with Gasteiger partial charge in [0, 0.05) is 10.4 Å². The molecular formula is C17H12N4S. The molecule has 2 heterocycles. The molecule has 0 atom stereocenters. The molecule has 5 heteroatoms. The lowest BCUT2D eigenvalue weighted by atomic mass is 9.97. The van der Waals surface area contributed by atoms with Gasteiger partial charge in [0.25, 0.3) is 0 Å². The first-order valence-electron chi connectivity index (χ1n) is 6.66. The van der Waals surface area contributed by atoms with Gasteiger partial charge >= 0.3 is 0 Å². The summed E-state index contributed by atoms with van der Waals surface area (Å²) in [6, 6.07) is 8.31. The van der Waals surface area contributed by atoms with Crippen LogP contribution in [-0.4, -0.2) is 4.98 Å². The van der Waals surface area contributed by atoms with Crippen LogP contribution in [0, 0.1) is 29.6 Å². The van der Waals surface area contributed by atoms with Gasteiger partial charge in [0.05, 0.1) is 16.8 Å². The van der Waals surface area contributed by atoms with Gasteiger partial charge in [-0.15, -0.1) is 11.3 Å². The number of anilines is 1. The van der Waals surface area contributed by atoms with Crippen molar-refractivity contribution in [2.24, 2.45) is 0 Å². The molecule has 1 aliphatic rings. The fourth-order valence-electron chi connectivity index (χ4n) is 2.71. The van der Waals surface area contributed by atoms with Crippen LogP contribution in [0.4, 0.5) is 5.82 Å². The Morgan fingerprint density at radius 1 is 1.27 bits per heavy atom. The normalized spacial score (nSPS) is 14.8. The maximum atomic E-state index is 9.46. The van der Waals surface area contributed by atoms with E-state index in [1.165, 1.54) is 0 Å². The Hall–Kier alpha value is -2.89. The van der Waals surface area contributed by atoms with Crippen molar-refractivity contribution in [1.29, 1.82) is 10.5 Å². The van der Waals surface area contributed by atoms with Gasteiger partial charge in [-0.1, -0.05) is 6.07 Å². The average Bonchev–Trinajstić information content (AvgIpc) is 3.07. The standard InChI is InChI=1S/C17H12N4S/c1-9-12(6-11-4-3-5-22-11)15-10(2)14(8-19)17(20)21-16(15)13(9)7-18/h3-6H,1-2H3,(H2,20,21). The van der Waals surface area contributed by atoms with Crippen LogP contribution in [0.1, 0.15) is 34.2 Å². The number of pyridine rings is 1. The van der Waals surface area contributed by atoms with Crippen molar-refractivity contribution >= 4 is 34.4 Å². The van der Waals surface area contributed by atoms with E-state index in [0.29, 0.717) is 16.8 Å². The molecular weight excluding hydrogens is 292 g/mol. The molecule has 3 rings (SSSR count). The predicted molar refractivity (Wildman–Crippen MR) is 88.5 cm³/mol. The summed E-state index contributed by atoms with van der Waals surface area (Å²) in [5.74, 6) is 0.177. The van der Waals surface area contributed by atoms with Crippen molar-refractivity contribution in [2.45, 2.75) is 13.8 Å². The third-order valence-corrected chi connectivity index (χ3v) is 4.63. The topological polar surface area (TPSA) is 86.5 Å². The Balaban J connectivity index is 2.36. The van der Waals surface area contributed by atoms with Crippen LogP contribution in [0.2, 0.25) is 0 Å². The Labute approximate surface area is 132 Å². The lowest BCUT2D eigenvalue weighted by molar-refractivity contribution is 1.22. The van der Waals surface area contributed by atoms with Gasteiger partial charge in [-0.05, 0) is 48.1 Å². The van der Waals surface area contributed by atoms with E-state index < -0.39 is 0 Å². The molecule has 0 fully saturated rings. The number of allylic oxidation sites excluding steroid dienone is 3. The molecule has 0 unspecified atom stereocenters. The fraction of sp³-hybridized carbons (Fsp3) is 0.118. The number of rotatable bonds is 1. The molecule has 2 aromatic rings. The Morgan fingerprint density at radius 2 is 2.05 bits per heavy atom. The lowest BCUT2D eigenvalue weighted by Crippen LogP contribution is -2.03. The monoisotopic (exact) mass is 304 g/mol. The number of aromatic nitrogens is 1. The summed E-state index contributed by atoms with van der Waals surface area (Å²) in [4.78, 5) is 5.40. The number of hydrogen-bond donors (Lipinski definition) is 1. The molecule has 22 heavy (non-hydrogen) atoms. The molecule has 0 amide bonds. The highest BCUT2D eigenvalue weighted by molar-refractivity contribution is 7.10. The molecule has 0 aliphatic heterocycles. The van der Waals surface area contributed by atoms with Gasteiger partial charge in [-0.3, -0.25) is 0 Å².